The highest BCUT2D eigenvalue weighted by atomic mass is 16.6. The molecule has 126 valence electrons. The normalized spacial score (nSPS) is 25.2. The Balaban J connectivity index is 3.13. The van der Waals surface area contributed by atoms with E-state index < -0.39 is 29.2 Å². The third-order valence-electron chi connectivity index (χ3n) is 3.73. The van der Waals surface area contributed by atoms with E-state index in [4.69, 9.17) is 10.5 Å². The molecule has 0 unspecified atom stereocenters. The average molecular weight is 315 g/mol. The summed E-state index contributed by atoms with van der Waals surface area (Å²) >= 11 is 0. The molecule has 1 aliphatic rings. The van der Waals surface area contributed by atoms with Gasteiger partial charge in [0.05, 0.1) is 0 Å². The summed E-state index contributed by atoms with van der Waals surface area (Å²) in [5, 5.41) is 10.4. The highest BCUT2D eigenvalue weighted by molar-refractivity contribution is 5.86. The lowest BCUT2D eigenvalue weighted by Gasteiger charge is -2.43. The van der Waals surface area contributed by atoms with Crippen LogP contribution >= 0.6 is 0 Å². The van der Waals surface area contributed by atoms with Gasteiger partial charge in [-0.05, 0) is 52.4 Å². The van der Waals surface area contributed by atoms with E-state index in [-0.39, 0.29) is 12.8 Å². The molecule has 0 radical (unpaired) electrons. The summed E-state index contributed by atoms with van der Waals surface area (Å²) in [6.07, 6.45) is 0.785. The third-order valence-corrected chi connectivity index (χ3v) is 3.73. The number of nitrogens with zero attached hydrogens (tertiary/aromatic N) is 1. The van der Waals surface area contributed by atoms with Crippen LogP contribution in [-0.4, -0.2) is 39.3 Å². The Morgan fingerprint density at radius 1 is 1.27 bits per heavy atom. The van der Waals surface area contributed by atoms with Gasteiger partial charge in [-0.1, -0.05) is 6.92 Å². The number of hydrazine groups is 1. The SMILES string of the molecule is CC1CCC(C(=O)O)(N(NC(N)=O)C(=O)OC(C)(C)C)CC1. The van der Waals surface area contributed by atoms with Crippen LogP contribution in [0, 0.1) is 5.92 Å². The van der Waals surface area contributed by atoms with Crippen molar-refractivity contribution in [1.29, 1.82) is 0 Å². The molecule has 0 aliphatic heterocycles. The summed E-state index contributed by atoms with van der Waals surface area (Å²) in [6, 6.07) is -1.01. The van der Waals surface area contributed by atoms with E-state index in [0.717, 1.165) is 5.01 Å². The number of aliphatic carboxylic acids is 1. The molecule has 0 bridgehead atoms. The molecule has 1 saturated carbocycles. The second kappa shape index (κ2) is 6.41. The van der Waals surface area contributed by atoms with E-state index in [1.54, 1.807) is 20.8 Å². The van der Waals surface area contributed by atoms with Gasteiger partial charge in [0, 0.05) is 0 Å². The number of nitrogens with one attached hydrogen (secondary N) is 1. The smallest absolute Gasteiger partial charge is 0.430 e. The van der Waals surface area contributed by atoms with Crippen LogP contribution in [0.15, 0.2) is 0 Å². The Bertz CT molecular complexity index is 450. The van der Waals surface area contributed by atoms with Crippen LogP contribution in [0.3, 0.4) is 0 Å². The molecule has 0 aromatic rings. The summed E-state index contributed by atoms with van der Waals surface area (Å²) in [6.45, 7) is 6.99. The number of hydrogen-bond acceptors (Lipinski definition) is 4. The molecule has 22 heavy (non-hydrogen) atoms. The highest BCUT2D eigenvalue weighted by Gasteiger charge is 2.50. The largest absolute Gasteiger partial charge is 0.479 e. The van der Waals surface area contributed by atoms with E-state index in [1.165, 1.54) is 0 Å². The lowest BCUT2D eigenvalue weighted by atomic mass is 9.76. The van der Waals surface area contributed by atoms with Crippen LogP contribution in [0.4, 0.5) is 9.59 Å². The highest BCUT2D eigenvalue weighted by Crippen LogP contribution is 2.36. The molecule has 0 aromatic heterocycles. The molecule has 0 aromatic carbocycles. The van der Waals surface area contributed by atoms with E-state index in [1.807, 2.05) is 6.92 Å². The van der Waals surface area contributed by atoms with Crippen LogP contribution in [0.2, 0.25) is 0 Å². The van der Waals surface area contributed by atoms with Crippen LogP contribution in [-0.2, 0) is 9.53 Å². The number of hydrogen-bond donors (Lipinski definition) is 3. The number of urea groups is 1. The zero-order valence-electron chi connectivity index (χ0n) is 13.5. The van der Waals surface area contributed by atoms with E-state index in [9.17, 15) is 19.5 Å². The number of carbonyl (C=O) groups excluding carboxylic acids is 2. The van der Waals surface area contributed by atoms with Gasteiger partial charge < -0.3 is 15.6 Å². The number of rotatable bonds is 2. The fourth-order valence-electron chi connectivity index (χ4n) is 2.52. The average Bonchev–Trinajstić information content (AvgIpc) is 2.34. The van der Waals surface area contributed by atoms with Crippen molar-refractivity contribution in [3.63, 3.8) is 0 Å². The Morgan fingerprint density at radius 3 is 2.14 bits per heavy atom. The first-order chi connectivity index (χ1) is 9.98. The lowest BCUT2D eigenvalue weighted by molar-refractivity contribution is -0.156. The molecule has 3 amide bonds. The van der Waals surface area contributed by atoms with Crippen molar-refractivity contribution in [2.24, 2.45) is 11.7 Å². The molecular formula is C14H25N3O5. The minimum Gasteiger partial charge on any atom is -0.479 e. The molecule has 1 rings (SSSR count). The van der Waals surface area contributed by atoms with E-state index in [0.29, 0.717) is 18.8 Å². The molecule has 1 aliphatic carbocycles. The number of carbonyl (C=O) groups is 3. The molecule has 8 nitrogen and oxygen atoms in total. The minimum atomic E-state index is -1.54. The van der Waals surface area contributed by atoms with Crippen LogP contribution in [0.25, 0.3) is 0 Å². The fraction of sp³-hybridized carbons (Fsp3) is 0.786. The van der Waals surface area contributed by atoms with Crippen molar-refractivity contribution < 1.29 is 24.2 Å². The van der Waals surface area contributed by atoms with Gasteiger partial charge in [0.2, 0.25) is 0 Å². The standard InChI is InChI=1S/C14H25N3O5/c1-9-5-7-14(8-6-9,10(18)19)17(16-11(15)20)12(21)22-13(2,3)4/h9H,5-8H2,1-4H3,(H,18,19)(H3,15,16,20). The predicted molar refractivity (Wildman–Crippen MR) is 78.8 cm³/mol. The first-order valence-corrected chi connectivity index (χ1v) is 7.30. The molecule has 1 fully saturated rings. The number of primary amides is 1. The van der Waals surface area contributed by atoms with Gasteiger partial charge in [0.25, 0.3) is 0 Å². The fourth-order valence-corrected chi connectivity index (χ4v) is 2.52. The number of carboxylic acids is 1. The zero-order valence-corrected chi connectivity index (χ0v) is 13.5. The minimum absolute atomic E-state index is 0.225. The maximum absolute atomic E-state index is 12.4. The first kappa shape index (κ1) is 18.1. The lowest BCUT2D eigenvalue weighted by Crippen LogP contribution is -2.66. The number of carboxylic acid groups (broad SMARTS) is 1. The summed E-state index contributed by atoms with van der Waals surface area (Å²) < 4.78 is 5.21. The van der Waals surface area contributed by atoms with Gasteiger partial charge in [-0.25, -0.2) is 19.8 Å². The van der Waals surface area contributed by atoms with Crippen LogP contribution in [0.5, 0.6) is 0 Å². The summed E-state index contributed by atoms with van der Waals surface area (Å²) in [5.74, 6) is -0.819. The summed E-state index contributed by atoms with van der Waals surface area (Å²) in [7, 11) is 0. The molecule has 0 heterocycles. The maximum Gasteiger partial charge on any atom is 0.430 e. The van der Waals surface area contributed by atoms with E-state index in [2.05, 4.69) is 5.43 Å². The van der Waals surface area contributed by atoms with Crippen molar-refractivity contribution in [3.05, 3.63) is 0 Å². The Kier molecular flexibility index (Phi) is 5.26. The molecular weight excluding hydrogens is 290 g/mol. The third kappa shape index (κ3) is 4.25. The van der Waals surface area contributed by atoms with Crippen LogP contribution < -0.4 is 11.2 Å². The molecule has 4 N–H and O–H groups in total. The van der Waals surface area contributed by atoms with Gasteiger partial charge >= 0.3 is 18.1 Å². The monoisotopic (exact) mass is 315 g/mol. The van der Waals surface area contributed by atoms with Crippen molar-refractivity contribution in [1.82, 2.24) is 10.4 Å². The maximum atomic E-state index is 12.4. The number of ether oxygens (including phenoxy) is 1. The number of amides is 3. The van der Waals surface area contributed by atoms with Gasteiger partial charge in [-0.3, -0.25) is 0 Å². The van der Waals surface area contributed by atoms with Gasteiger partial charge in [-0.15, -0.1) is 0 Å². The van der Waals surface area contributed by atoms with Gasteiger partial charge in [0.15, 0.2) is 5.54 Å². The number of nitrogens with two attached hydrogens (primary N) is 1. The van der Waals surface area contributed by atoms with Crippen LogP contribution in [0.1, 0.15) is 53.4 Å². The summed E-state index contributed by atoms with van der Waals surface area (Å²) in [5.41, 5.74) is 4.86. The van der Waals surface area contributed by atoms with Gasteiger partial charge in [0.1, 0.15) is 5.60 Å². The first-order valence-electron chi connectivity index (χ1n) is 7.30. The van der Waals surface area contributed by atoms with Crippen molar-refractivity contribution >= 4 is 18.1 Å². The second-order valence-corrected chi connectivity index (χ2v) is 6.81. The molecule has 8 heteroatoms. The molecule has 0 saturated heterocycles. The zero-order chi connectivity index (χ0) is 17.1. The van der Waals surface area contributed by atoms with Crippen molar-refractivity contribution in [2.45, 2.75) is 64.5 Å². The Morgan fingerprint density at radius 2 is 1.77 bits per heavy atom. The Hall–Kier alpha value is -1.99. The van der Waals surface area contributed by atoms with Crippen molar-refractivity contribution in [3.8, 4) is 0 Å². The Labute approximate surface area is 129 Å². The topological polar surface area (TPSA) is 122 Å². The predicted octanol–water partition coefficient (Wildman–Crippen LogP) is 1.84. The second-order valence-electron chi connectivity index (χ2n) is 6.81. The summed E-state index contributed by atoms with van der Waals surface area (Å²) in [4.78, 5) is 35.4. The van der Waals surface area contributed by atoms with E-state index >= 15 is 0 Å². The van der Waals surface area contributed by atoms with Crippen molar-refractivity contribution in [2.75, 3.05) is 0 Å². The quantitative estimate of drug-likeness (QED) is 0.671. The van der Waals surface area contributed by atoms with Gasteiger partial charge in [-0.2, -0.15) is 5.01 Å². The molecule has 0 spiro atoms. The molecule has 0 atom stereocenters.